The summed E-state index contributed by atoms with van der Waals surface area (Å²) >= 11 is 0. The predicted octanol–water partition coefficient (Wildman–Crippen LogP) is 2.89. The molecule has 5 heteroatoms. The van der Waals surface area contributed by atoms with E-state index in [4.69, 9.17) is 0 Å². The predicted molar refractivity (Wildman–Crippen MR) is 82.2 cm³/mol. The summed E-state index contributed by atoms with van der Waals surface area (Å²) < 4.78 is 0. The van der Waals surface area contributed by atoms with E-state index >= 15 is 0 Å². The zero-order valence-corrected chi connectivity index (χ0v) is 11.4. The minimum absolute atomic E-state index is 0.160. The number of phenolic OH excluding ortho intramolecular Hbond substituents is 1. The highest BCUT2D eigenvalue weighted by molar-refractivity contribution is 6.71. The number of amides is 1. The van der Waals surface area contributed by atoms with Gasteiger partial charge in [-0.15, -0.1) is 0 Å². The number of benzene rings is 2. The molecule has 5 nitrogen and oxygen atoms in total. The molecule has 2 aromatic rings. The largest absolute Gasteiger partial charge is 0.508 e. The molecular formula is C16H13N3O2. The summed E-state index contributed by atoms with van der Waals surface area (Å²) in [6, 6.07) is 15.6. The van der Waals surface area contributed by atoms with Crippen molar-refractivity contribution in [3.05, 3.63) is 54.6 Å². The first-order chi connectivity index (χ1) is 10.1. The third-order valence-electron chi connectivity index (χ3n) is 3.08. The number of aliphatic imine (C=N–C) groups is 1. The minimum Gasteiger partial charge on any atom is -0.508 e. The number of rotatable bonds is 2. The lowest BCUT2D eigenvalue weighted by molar-refractivity contribution is -0.112. The van der Waals surface area contributed by atoms with Crippen molar-refractivity contribution in [2.45, 2.75) is 6.92 Å². The van der Waals surface area contributed by atoms with Crippen LogP contribution in [0.1, 0.15) is 6.92 Å². The lowest BCUT2D eigenvalue weighted by Crippen LogP contribution is -2.26. The number of aromatic hydroxyl groups is 1. The first kappa shape index (κ1) is 13.1. The van der Waals surface area contributed by atoms with Gasteiger partial charge < -0.3 is 5.11 Å². The average molecular weight is 279 g/mol. The molecule has 1 N–H and O–H groups in total. The molecule has 1 heterocycles. The maximum atomic E-state index is 12.4. The number of anilines is 1. The molecule has 0 unspecified atom stereocenters. The van der Waals surface area contributed by atoms with Gasteiger partial charge in [0.2, 0.25) is 0 Å². The second-order valence-corrected chi connectivity index (χ2v) is 4.61. The topological polar surface area (TPSA) is 65.3 Å². The number of hydrazone groups is 1. The van der Waals surface area contributed by atoms with Crippen LogP contribution in [0.3, 0.4) is 0 Å². The van der Waals surface area contributed by atoms with Crippen LogP contribution >= 0.6 is 0 Å². The van der Waals surface area contributed by atoms with Gasteiger partial charge >= 0.3 is 0 Å². The Morgan fingerprint density at radius 3 is 2.38 bits per heavy atom. The van der Waals surface area contributed by atoms with Crippen LogP contribution in [0, 0.1) is 0 Å². The van der Waals surface area contributed by atoms with E-state index in [-0.39, 0.29) is 11.7 Å². The van der Waals surface area contributed by atoms with Gasteiger partial charge in [-0.05, 0) is 43.3 Å². The molecule has 21 heavy (non-hydrogen) atoms. The summed E-state index contributed by atoms with van der Waals surface area (Å²) in [5, 5.41) is 14.9. The molecule has 0 fully saturated rings. The maximum absolute atomic E-state index is 12.4. The molecule has 0 atom stereocenters. The highest BCUT2D eigenvalue weighted by Gasteiger charge is 2.30. The maximum Gasteiger partial charge on any atom is 0.299 e. The van der Waals surface area contributed by atoms with Crippen molar-refractivity contribution < 1.29 is 9.90 Å². The first-order valence-corrected chi connectivity index (χ1v) is 6.48. The van der Waals surface area contributed by atoms with Gasteiger partial charge in [0.05, 0.1) is 17.1 Å². The lowest BCUT2D eigenvalue weighted by Gasteiger charge is -2.10. The minimum atomic E-state index is -0.258. The number of carbonyl (C=O) groups is 1. The van der Waals surface area contributed by atoms with Crippen molar-refractivity contribution in [3.63, 3.8) is 0 Å². The third-order valence-corrected chi connectivity index (χ3v) is 3.08. The number of para-hydroxylation sites is 1. The molecule has 104 valence electrons. The lowest BCUT2D eigenvalue weighted by atomic mass is 10.2. The summed E-state index contributed by atoms with van der Waals surface area (Å²) in [5.41, 5.74) is 2.18. The van der Waals surface area contributed by atoms with Gasteiger partial charge in [-0.25, -0.2) is 4.99 Å². The van der Waals surface area contributed by atoms with Crippen LogP contribution in [0.5, 0.6) is 5.75 Å². The van der Waals surface area contributed by atoms with E-state index < -0.39 is 0 Å². The summed E-state index contributed by atoms with van der Waals surface area (Å²) in [7, 11) is 0. The Kier molecular flexibility index (Phi) is 3.23. The first-order valence-electron chi connectivity index (χ1n) is 6.48. The molecule has 0 bridgehead atoms. The highest BCUT2D eigenvalue weighted by atomic mass is 16.3. The zero-order valence-electron chi connectivity index (χ0n) is 11.4. The summed E-state index contributed by atoms with van der Waals surface area (Å²) in [5.74, 6) is -0.0974. The number of nitrogens with zero attached hydrogens (tertiary/aromatic N) is 3. The molecule has 2 aromatic carbocycles. The molecule has 1 aliphatic rings. The molecule has 0 spiro atoms. The van der Waals surface area contributed by atoms with E-state index in [0.29, 0.717) is 22.8 Å². The van der Waals surface area contributed by atoms with E-state index in [1.807, 2.05) is 30.3 Å². The Morgan fingerprint density at radius 2 is 1.71 bits per heavy atom. The van der Waals surface area contributed by atoms with Crippen LogP contribution < -0.4 is 5.01 Å². The standard InChI is InChI=1S/C16H13N3O2/c1-11-15(17-12-7-9-14(20)10-8-12)16(21)19(18-11)13-5-3-2-4-6-13/h2-10,20H,1H3. The second kappa shape index (κ2) is 5.20. The molecule has 1 amide bonds. The van der Waals surface area contributed by atoms with E-state index in [1.165, 1.54) is 17.1 Å². The van der Waals surface area contributed by atoms with Crippen LogP contribution in [-0.2, 0) is 4.79 Å². The molecule has 3 rings (SSSR count). The number of carbonyl (C=O) groups excluding carboxylic acids is 1. The van der Waals surface area contributed by atoms with Gasteiger partial charge in [-0.1, -0.05) is 18.2 Å². The monoisotopic (exact) mass is 279 g/mol. The fraction of sp³-hybridized carbons (Fsp3) is 0.0625. The molecule has 0 aromatic heterocycles. The Labute approximate surface area is 121 Å². The third kappa shape index (κ3) is 2.53. The summed E-state index contributed by atoms with van der Waals surface area (Å²) in [4.78, 5) is 16.7. The van der Waals surface area contributed by atoms with Crippen LogP contribution in [0.15, 0.2) is 64.7 Å². The number of phenols is 1. The van der Waals surface area contributed by atoms with Gasteiger partial charge in [0, 0.05) is 0 Å². The molecule has 0 saturated heterocycles. The van der Waals surface area contributed by atoms with E-state index in [2.05, 4.69) is 10.1 Å². The molecule has 0 saturated carbocycles. The Balaban J connectivity index is 1.94. The van der Waals surface area contributed by atoms with E-state index in [9.17, 15) is 9.90 Å². The Morgan fingerprint density at radius 1 is 1.05 bits per heavy atom. The highest BCUT2D eigenvalue weighted by Crippen LogP contribution is 2.22. The number of hydrogen-bond donors (Lipinski definition) is 1. The fourth-order valence-electron chi connectivity index (χ4n) is 2.03. The Bertz CT molecular complexity index is 734. The van der Waals surface area contributed by atoms with Crippen molar-refractivity contribution in [1.82, 2.24) is 0 Å². The van der Waals surface area contributed by atoms with Crippen molar-refractivity contribution in [2.24, 2.45) is 10.1 Å². The summed E-state index contributed by atoms with van der Waals surface area (Å²) in [6.45, 7) is 1.75. The fourth-order valence-corrected chi connectivity index (χ4v) is 2.03. The second-order valence-electron chi connectivity index (χ2n) is 4.61. The number of hydrogen-bond acceptors (Lipinski definition) is 4. The van der Waals surface area contributed by atoms with Crippen molar-refractivity contribution in [1.29, 1.82) is 0 Å². The quantitative estimate of drug-likeness (QED) is 0.918. The van der Waals surface area contributed by atoms with Gasteiger partial charge in [-0.2, -0.15) is 10.1 Å². The smallest absolute Gasteiger partial charge is 0.299 e. The summed E-state index contributed by atoms with van der Waals surface area (Å²) in [6.07, 6.45) is 0. The Hall–Kier alpha value is -2.95. The van der Waals surface area contributed by atoms with Crippen LogP contribution in [0.4, 0.5) is 11.4 Å². The molecular weight excluding hydrogens is 266 g/mol. The van der Waals surface area contributed by atoms with Gasteiger partial charge in [0.15, 0.2) is 5.71 Å². The molecule has 1 aliphatic heterocycles. The van der Waals surface area contributed by atoms with Gasteiger partial charge in [0.1, 0.15) is 5.75 Å². The van der Waals surface area contributed by atoms with Crippen molar-refractivity contribution in [2.75, 3.05) is 5.01 Å². The normalized spacial score (nSPS) is 16.4. The SMILES string of the molecule is CC1=NN(c2ccccc2)C(=O)C1=Nc1ccc(O)cc1. The van der Waals surface area contributed by atoms with Crippen LogP contribution in [0.25, 0.3) is 0 Å². The zero-order chi connectivity index (χ0) is 14.8. The average Bonchev–Trinajstić information content (AvgIpc) is 2.78. The van der Waals surface area contributed by atoms with Crippen LogP contribution in [0.2, 0.25) is 0 Å². The van der Waals surface area contributed by atoms with E-state index in [0.717, 1.165) is 0 Å². The van der Waals surface area contributed by atoms with Gasteiger partial charge in [-0.3, -0.25) is 4.79 Å². The van der Waals surface area contributed by atoms with Crippen LogP contribution in [-0.4, -0.2) is 22.4 Å². The van der Waals surface area contributed by atoms with Crippen molar-refractivity contribution in [3.8, 4) is 5.75 Å². The van der Waals surface area contributed by atoms with E-state index in [1.54, 1.807) is 19.1 Å². The van der Waals surface area contributed by atoms with Crippen molar-refractivity contribution >= 4 is 28.7 Å². The molecule has 0 radical (unpaired) electrons. The molecule has 0 aliphatic carbocycles. The van der Waals surface area contributed by atoms with Gasteiger partial charge in [0.25, 0.3) is 5.91 Å².